The van der Waals surface area contributed by atoms with Crippen LogP contribution >= 0.6 is 0 Å². The van der Waals surface area contributed by atoms with Crippen LogP contribution in [0.5, 0.6) is 5.75 Å². The predicted octanol–water partition coefficient (Wildman–Crippen LogP) is 3.05. The molecule has 1 aromatic heterocycles. The van der Waals surface area contributed by atoms with Crippen molar-refractivity contribution in [1.82, 2.24) is 15.5 Å². The molecule has 1 fully saturated rings. The maximum Gasteiger partial charge on any atom is 0.191 e. The van der Waals surface area contributed by atoms with Gasteiger partial charge in [0, 0.05) is 26.1 Å². The largest absolute Gasteiger partial charge is 0.497 e. The minimum Gasteiger partial charge on any atom is -0.497 e. The summed E-state index contributed by atoms with van der Waals surface area (Å²) in [5, 5.41) is 6.91. The molecule has 0 atom stereocenters. The van der Waals surface area contributed by atoms with E-state index in [0.29, 0.717) is 6.54 Å². The molecule has 3 rings (SSSR count). The fourth-order valence-corrected chi connectivity index (χ4v) is 3.35. The quantitative estimate of drug-likeness (QED) is 0.514. The Labute approximate surface area is 168 Å². The Morgan fingerprint density at radius 3 is 2.57 bits per heavy atom. The number of hydrogen-bond donors (Lipinski definition) is 2. The normalized spacial score (nSPS) is 15.4. The Balaban J connectivity index is 1.50. The molecule has 2 aromatic rings. The van der Waals surface area contributed by atoms with Crippen molar-refractivity contribution in [3.8, 4) is 5.75 Å². The van der Waals surface area contributed by atoms with Crippen LogP contribution in [0.3, 0.4) is 0 Å². The van der Waals surface area contributed by atoms with Gasteiger partial charge in [0.1, 0.15) is 11.5 Å². The SMILES string of the molecule is COc1ccc(CN=C(NCCc2ccco2)NCCN2CCCCC2)cc1. The molecule has 0 amide bonds. The monoisotopic (exact) mass is 384 g/mol. The number of benzene rings is 1. The van der Waals surface area contributed by atoms with E-state index in [2.05, 4.69) is 27.7 Å². The van der Waals surface area contributed by atoms with Crippen LogP contribution in [0.15, 0.2) is 52.1 Å². The zero-order chi connectivity index (χ0) is 19.4. The number of likely N-dealkylation sites (tertiary alicyclic amines) is 1. The van der Waals surface area contributed by atoms with Gasteiger partial charge in [0.05, 0.1) is 19.9 Å². The van der Waals surface area contributed by atoms with Crippen LogP contribution in [0, 0.1) is 0 Å². The van der Waals surface area contributed by atoms with Gasteiger partial charge >= 0.3 is 0 Å². The first-order chi connectivity index (χ1) is 13.8. The highest BCUT2D eigenvalue weighted by molar-refractivity contribution is 5.79. The van der Waals surface area contributed by atoms with Gasteiger partial charge in [-0.2, -0.15) is 0 Å². The van der Waals surface area contributed by atoms with Gasteiger partial charge < -0.3 is 24.7 Å². The van der Waals surface area contributed by atoms with E-state index in [0.717, 1.165) is 49.1 Å². The number of piperidine rings is 1. The molecular formula is C22H32N4O2. The molecule has 1 aromatic carbocycles. The maximum atomic E-state index is 5.41. The first-order valence-electron chi connectivity index (χ1n) is 10.2. The number of nitrogens with one attached hydrogen (secondary N) is 2. The Morgan fingerprint density at radius 1 is 1.07 bits per heavy atom. The van der Waals surface area contributed by atoms with Crippen molar-refractivity contribution in [1.29, 1.82) is 0 Å². The summed E-state index contributed by atoms with van der Waals surface area (Å²) in [4.78, 5) is 7.28. The van der Waals surface area contributed by atoms with Crippen molar-refractivity contribution in [2.45, 2.75) is 32.2 Å². The number of methoxy groups -OCH3 is 1. The Bertz CT molecular complexity index is 692. The van der Waals surface area contributed by atoms with Crippen molar-refractivity contribution in [2.75, 3.05) is 39.8 Å². The molecule has 152 valence electrons. The third-order valence-electron chi connectivity index (χ3n) is 4.99. The lowest BCUT2D eigenvalue weighted by Crippen LogP contribution is -2.43. The lowest BCUT2D eigenvalue weighted by atomic mass is 10.1. The summed E-state index contributed by atoms with van der Waals surface area (Å²) in [6.07, 6.45) is 6.56. The number of guanidine groups is 1. The summed E-state index contributed by atoms with van der Waals surface area (Å²) in [7, 11) is 1.68. The van der Waals surface area contributed by atoms with Gasteiger partial charge in [0.15, 0.2) is 5.96 Å². The summed E-state index contributed by atoms with van der Waals surface area (Å²) in [5.74, 6) is 2.69. The Hall–Kier alpha value is -2.47. The van der Waals surface area contributed by atoms with Gasteiger partial charge in [0.25, 0.3) is 0 Å². The van der Waals surface area contributed by atoms with E-state index < -0.39 is 0 Å². The van der Waals surface area contributed by atoms with Crippen LogP contribution in [0.2, 0.25) is 0 Å². The molecule has 0 saturated carbocycles. The van der Waals surface area contributed by atoms with Crippen LogP contribution in [0.4, 0.5) is 0 Å². The van der Waals surface area contributed by atoms with E-state index in [1.54, 1.807) is 13.4 Å². The average molecular weight is 385 g/mol. The summed E-state index contributed by atoms with van der Waals surface area (Å²) in [5.41, 5.74) is 1.16. The molecule has 2 N–H and O–H groups in total. The van der Waals surface area contributed by atoms with Gasteiger partial charge in [-0.15, -0.1) is 0 Å². The summed E-state index contributed by atoms with van der Waals surface area (Å²) in [6.45, 7) is 5.80. The molecule has 0 spiro atoms. The van der Waals surface area contributed by atoms with Gasteiger partial charge in [-0.05, 0) is 55.8 Å². The maximum absolute atomic E-state index is 5.41. The van der Waals surface area contributed by atoms with Crippen molar-refractivity contribution < 1.29 is 9.15 Å². The fourth-order valence-electron chi connectivity index (χ4n) is 3.35. The standard InChI is InChI=1S/C22H32N4O2/c1-27-20-9-7-19(8-10-20)18-25-22(23-12-11-21-6-5-17-28-21)24-13-16-26-14-3-2-4-15-26/h5-10,17H,2-4,11-16,18H2,1H3,(H2,23,24,25). The molecule has 6 heteroatoms. The molecule has 0 radical (unpaired) electrons. The first-order valence-corrected chi connectivity index (χ1v) is 10.2. The van der Waals surface area contributed by atoms with E-state index in [9.17, 15) is 0 Å². The lowest BCUT2D eigenvalue weighted by molar-refractivity contribution is 0.232. The van der Waals surface area contributed by atoms with Gasteiger partial charge in [-0.25, -0.2) is 4.99 Å². The first kappa shape index (κ1) is 20.3. The average Bonchev–Trinajstić information content (AvgIpc) is 3.26. The second-order valence-corrected chi connectivity index (χ2v) is 7.10. The van der Waals surface area contributed by atoms with Crippen molar-refractivity contribution in [3.63, 3.8) is 0 Å². The summed E-state index contributed by atoms with van der Waals surface area (Å²) in [6, 6.07) is 12.0. The van der Waals surface area contributed by atoms with E-state index in [1.807, 2.05) is 24.3 Å². The zero-order valence-electron chi connectivity index (χ0n) is 16.8. The molecule has 28 heavy (non-hydrogen) atoms. The van der Waals surface area contributed by atoms with Crippen molar-refractivity contribution in [2.24, 2.45) is 4.99 Å². The number of ether oxygens (including phenoxy) is 1. The Kier molecular flexibility index (Phi) is 8.25. The lowest BCUT2D eigenvalue weighted by Gasteiger charge is -2.26. The number of hydrogen-bond acceptors (Lipinski definition) is 4. The molecule has 0 unspecified atom stereocenters. The van der Waals surface area contributed by atoms with Crippen LogP contribution in [0.25, 0.3) is 0 Å². The predicted molar refractivity (Wildman–Crippen MR) is 113 cm³/mol. The topological polar surface area (TPSA) is 62.0 Å². The summed E-state index contributed by atoms with van der Waals surface area (Å²) >= 11 is 0. The zero-order valence-corrected chi connectivity index (χ0v) is 16.8. The molecular weight excluding hydrogens is 352 g/mol. The van der Waals surface area contributed by atoms with E-state index >= 15 is 0 Å². The third-order valence-corrected chi connectivity index (χ3v) is 4.99. The van der Waals surface area contributed by atoms with E-state index in [4.69, 9.17) is 14.1 Å². The molecule has 0 aliphatic carbocycles. The molecule has 0 bridgehead atoms. The molecule has 6 nitrogen and oxygen atoms in total. The number of nitrogens with zero attached hydrogens (tertiary/aromatic N) is 2. The van der Waals surface area contributed by atoms with Gasteiger partial charge in [-0.1, -0.05) is 18.6 Å². The van der Waals surface area contributed by atoms with Crippen LogP contribution in [0.1, 0.15) is 30.6 Å². The van der Waals surface area contributed by atoms with E-state index in [-0.39, 0.29) is 0 Å². The van der Waals surface area contributed by atoms with Crippen molar-refractivity contribution in [3.05, 3.63) is 54.0 Å². The highest BCUT2D eigenvalue weighted by Crippen LogP contribution is 2.12. The smallest absolute Gasteiger partial charge is 0.191 e. The molecule has 1 saturated heterocycles. The minimum atomic E-state index is 0.629. The van der Waals surface area contributed by atoms with Gasteiger partial charge in [-0.3, -0.25) is 0 Å². The minimum absolute atomic E-state index is 0.629. The van der Waals surface area contributed by atoms with Crippen molar-refractivity contribution >= 4 is 5.96 Å². The molecule has 2 heterocycles. The van der Waals surface area contributed by atoms with E-state index in [1.165, 1.54) is 32.4 Å². The fraction of sp³-hybridized carbons (Fsp3) is 0.500. The Morgan fingerprint density at radius 2 is 1.86 bits per heavy atom. The highest BCUT2D eigenvalue weighted by atomic mass is 16.5. The second kappa shape index (κ2) is 11.4. The number of furan rings is 1. The number of aliphatic imine (C=N–C) groups is 1. The van der Waals surface area contributed by atoms with Crippen LogP contribution in [-0.4, -0.2) is 50.7 Å². The second-order valence-electron chi connectivity index (χ2n) is 7.10. The number of rotatable bonds is 9. The van der Waals surface area contributed by atoms with Gasteiger partial charge in [0.2, 0.25) is 0 Å². The van der Waals surface area contributed by atoms with Crippen LogP contribution in [-0.2, 0) is 13.0 Å². The third kappa shape index (κ3) is 6.93. The highest BCUT2D eigenvalue weighted by Gasteiger charge is 2.09. The molecule has 1 aliphatic rings. The van der Waals surface area contributed by atoms with Crippen LogP contribution < -0.4 is 15.4 Å². The molecule has 1 aliphatic heterocycles. The summed E-state index contributed by atoms with van der Waals surface area (Å²) < 4.78 is 10.6.